The van der Waals surface area contributed by atoms with Gasteiger partial charge in [0.05, 0.1) is 19.3 Å². The van der Waals surface area contributed by atoms with E-state index in [1.165, 1.54) is 0 Å². The fourth-order valence-corrected chi connectivity index (χ4v) is 2.16. The molecule has 2 aromatic rings. The minimum atomic E-state index is -0.544. The van der Waals surface area contributed by atoms with E-state index in [1.54, 1.807) is 32.4 Å². The van der Waals surface area contributed by atoms with Crippen molar-refractivity contribution >= 4 is 11.9 Å². The van der Waals surface area contributed by atoms with Gasteiger partial charge in [0.2, 0.25) is 0 Å². The zero-order valence-corrected chi connectivity index (χ0v) is 14.3. The van der Waals surface area contributed by atoms with Crippen molar-refractivity contribution in [3.63, 3.8) is 0 Å². The average Bonchev–Trinajstić information content (AvgIpc) is 2.65. The predicted molar refractivity (Wildman–Crippen MR) is 92.3 cm³/mol. The van der Waals surface area contributed by atoms with E-state index in [2.05, 4.69) is 5.32 Å². The van der Waals surface area contributed by atoms with E-state index in [0.29, 0.717) is 18.7 Å². The molecule has 0 atom stereocenters. The Morgan fingerprint density at radius 1 is 1.00 bits per heavy atom. The van der Waals surface area contributed by atoms with Gasteiger partial charge in [0, 0.05) is 13.7 Å². The van der Waals surface area contributed by atoms with E-state index in [-0.39, 0.29) is 12.5 Å². The number of nitrogens with one attached hydrogen (secondary N) is 1. The van der Waals surface area contributed by atoms with Crippen molar-refractivity contribution in [1.82, 2.24) is 5.32 Å². The van der Waals surface area contributed by atoms with E-state index < -0.39 is 5.97 Å². The number of amides is 1. The molecular weight excluding hydrogens is 322 g/mol. The third-order valence-corrected chi connectivity index (χ3v) is 3.46. The van der Waals surface area contributed by atoms with E-state index in [0.717, 1.165) is 16.9 Å². The van der Waals surface area contributed by atoms with Gasteiger partial charge < -0.3 is 19.5 Å². The molecule has 0 saturated carbocycles. The number of carbonyl (C=O) groups excluding carboxylic acids is 2. The van der Waals surface area contributed by atoms with Gasteiger partial charge in [-0.2, -0.15) is 0 Å². The van der Waals surface area contributed by atoms with Crippen molar-refractivity contribution in [1.29, 1.82) is 0 Å². The second kappa shape index (κ2) is 9.44. The smallest absolute Gasteiger partial charge is 0.338 e. The van der Waals surface area contributed by atoms with Crippen molar-refractivity contribution in [2.45, 2.75) is 13.2 Å². The minimum absolute atomic E-state index is 0.330. The van der Waals surface area contributed by atoms with Gasteiger partial charge in [0.15, 0.2) is 6.61 Å². The summed E-state index contributed by atoms with van der Waals surface area (Å²) in [6.45, 7) is 0.427. The van der Waals surface area contributed by atoms with Gasteiger partial charge in [0.25, 0.3) is 5.91 Å². The van der Waals surface area contributed by atoms with Crippen LogP contribution in [0.1, 0.15) is 21.5 Å². The maximum Gasteiger partial charge on any atom is 0.338 e. The molecule has 0 saturated heterocycles. The highest BCUT2D eigenvalue weighted by Gasteiger charge is 2.10. The van der Waals surface area contributed by atoms with Gasteiger partial charge in [0.1, 0.15) is 5.75 Å². The molecule has 0 aliphatic carbocycles. The molecule has 6 heteroatoms. The van der Waals surface area contributed by atoms with Crippen LogP contribution in [0.5, 0.6) is 5.75 Å². The van der Waals surface area contributed by atoms with Crippen molar-refractivity contribution < 1.29 is 23.8 Å². The molecule has 2 aromatic carbocycles. The summed E-state index contributed by atoms with van der Waals surface area (Å²) in [7, 11) is 3.17. The first kappa shape index (κ1) is 18.5. The third-order valence-electron chi connectivity index (χ3n) is 3.46. The number of benzene rings is 2. The fourth-order valence-electron chi connectivity index (χ4n) is 2.16. The average molecular weight is 343 g/mol. The molecule has 0 radical (unpaired) electrons. The van der Waals surface area contributed by atoms with E-state index in [9.17, 15) is 9.59 Å². The maximum atomic E-state index is 12.0. The van der Waals surface area contributed by atoms with Crippen molar-refractivity contribution in [2.24, 2.45) is 0 Å². The molecule has 0 unspecified atom stereocenters. The first-order chi connectivity index (χ1) is 12.1. The Bertz CT molecular complexity index is 712. The Kier molecular flexibility index (Phi) is 6.98. The summed E-state index contributed by atoms with van der Waals surface area (Å²) in [5.41, 5.74) is 2.17. The van der Waals surface area contributed by atoms with Crippen LogP contribution in [0.2, 0.25) is 0 Å². The summed E-state index contributed by atoms with van der Waals surface area (Å²) >= 11 is 0. The zero-order valence-electron chi connectivity index (χ0n) is 14.3. The molecule has 1 amide bonds. The van der Waals surface area contributed by atoms with Crippen LogP contribution in [0.3, 0.4) is 0 Å². The predicted octanol–water partition coefficient (Wildman–Crippen LogP) is 2.31. The number of carbonyl (C=O) groups is 2. The Morgan fingerprint density at radius 2 is 1.76 bits per heavy atom. The Labute approximate surface area is 146 Å². The lowest BCUT2D eigenvalue weighted by molar-refractivity contribution is -0.124. The van der Waals surface area contributed by atoms with Gasteiger partial charge in [-0.25, -0.2) is 4.79 Å². The summed E-state index contributed by atoms with van der Waals surface area (Å²) in [4.78, 5) is 23.8. The molecule has 0 aliphatic heterocycles. The third kappa shape index (κ3) is 5.93. The number of rotatable bonds is 8. The summed E-state index contributed by atoms with van der Waals surface area (Å²) in [6, 6.07) is 14.2. The maximum absolute atomic E-state index is 12.0. The molecule has 2 rings (SSSR count). The fraction of sp³-hybridized carbons (Fsp3) is 0.263. The first-order valence-electron chi connectivity index (χ1n) is 7.77. The molecule has 1 N–H and O–H groups in total. The van der Waals surface area contributed by atoms with Crippen molar-refractivity contribution in [2.75, 3.05) is 20.8 Å². The Balaban J connectivity index is 1.78. The van der Waals surface area contributed by atoms with Crippen LogP contribution >= 0.6 is 0 Å². The van der Waals surface area contributed by atoms with Gasteiger partial charge in [-0.1, -0.05) is 24.3 Å². The van der Waals surface area contributed by atoms with Gasteiger partial charge >= 0.3 is 5.97 Å². The second-order valence-corrected chi connectivity index (χ2v) is 5.33. The zero-order chi connectivity index (χ0) is 18.1. The number of esters is 1. The SMILES string of the molecule is COCc1cccc(C(=O)OCC(=O)NCc2ccc(OC)cc2)c1. The first-order valence-corrected chi connectivity index (χ1v) is 7.77. The Morgan fingerprint density at radius 3 is 2.44 bits per heavy atom. The molecule has 0 aliphatic rings. The molecule has 25 heavy (non-hydrogen) atoms. The van der Waals surface area contributed by atoms with Crippen LogP contribution in [0.15, 0.2) is 48.5 Å². The highest BCUT2D eigenvalue weighted by molar-refractivity contribution is 5.91. The minimum Gasteiger partial charge on any atom is -0.497 e. The Hall–Kier alpha value is -2.86. The number of hydrogen-bond donors (Lipinski definition) is 1. The molecule has 6 nitrogen and oxygen atoms in total. The molecule has 0 bridgehead atoms. The van der Waals surface area contributed by atoms with Crippen LogP contribution in [-0.2, 0) is 27.4 Å². The largest absolute Gasteiger partial charge is 0.497 e. The highest BCUT2D eigenvalue weighted by atomic mass is 16.5. The summed E-state index contributed by atoms with van der Waals surface area (Å²) in [5, 5.41) is 2.70. The van der Waals surface area contributed by atoms with E-state index in [4.69, 9.17) is 14.2 Å². The topological polar surface area (TPSA) is 73.9 Å². The lowest BCUT2D eigenvalue weighted by Gasteiger charge is -2.08. The second-order valence-electron chi connectivity index (χ2n) is 5.33. The molecule has 0 spiro atoms. The summed E-state index contributed by atoms with van der Waals surface area (Å²) in [6.07, 6.45) is 0. The van der Waals surface area contributed by atoms with Crippen LogP contribution in [-0.4, -0.2) is 32.7 Å². The van der Waals surface area contributed by atoms with Gasteiger partial charge in [-0.05, 0) is 35.4 Å². The van der Waals surface area contributed by atoms with Crippen LogP contribution < -0.4 is 10.1 Å². The van der Waals surface area contributed by atoms with Crippen molar-refractivity contribution in [3.8, 4) is 5.75 Å². The van der Waals surface area contributed by atoms with Gasteiger partial charge in [-0.15, -0.1) is 0 Å². The lowest BCUT2D eigenvalue weighted by atomic mass is 10.1. The molecule has 0 fully saturated rings. The van der Waals surface area contributed by atoms with Crippen LogP contribution in [0, 0.1) is 0 Å². The van der Waals surface area contributed by atoms with Crippen LogP contribution in [0.25, 0.3) is 0 Å². The summed E-state index contributed by atoms with van der Waals surface area (Å²) < 4.78 is 15.1. The van der Waals surface area contributed by atoms with E-state index >= 15 is 0 Å². The normalized spacial score (nSPS) is 10.2. The van der Waals surface area contributed by atoms with Gasteiger partial charge in [-0.3, -0.25) is 4.79 Å². The number of ether oxygens (including phenoxy) is 3. The molecular formula is C19H21NO5. The highest BCUT2D eigenvalue weighted by Crippen LogP contribution is 2.11. The van der Waals surface area contributed by atoms with E-state index in [1.807, 2.05) is 30.3 Å². The lowest BCUT2D eigenvalue weighted by Crippen LogP contribution is -2.28. The molecule has 132 valence electrons. The van der Waals surface area contributed by atoms with Crippen molar-refractivity contribution in [3.05, 3.63) is 65.2 Å². The molecule has 0 heterocycles. The number of methoxy groups -OCH3 is 2. The monoisotopic (exact) mass is 343 g/mol. The molecule has 0 aromatic heterocycles. The number of hydrogen-bond acceptors (Lipinski definition) is 5. The van der Waals surface area contributed by atoms with Crippen LogP contribution in [0.4, 0.5) is 0 Å². The quantitative estimate of drug-likeness (QED) is 0.745. The summed E-state index contributed by atoms with van der Waals surface area (Å²) in [5.74, 6) is -0.158. The standard InChI is InChI=1S/C19H21NO5/c1-23-12-15-4-3-5-16(10-15)19(22)25-13-18(21)20-11-14-6-8-17(24-2)9-7-14/h3-10H,11-13H2,1-2H3,(H,20,21).